The van der Waals surface area contributed by atoms with Gasteiger partial charge in [0, 0.05) is 0 Å². The minimum Gasteiger partial charge on any atom is -1.00 e. The fourth-order valence-electron chi connectivity index (χ4n) is 0.271. The second kappa shape index (κ2) is 6.04. The van der Waals surface area contributed by atoms with E-state index >= 15 is 0 Å². The number of likely N-dealkylation sites (N-methyl/N-ethyl adjacent to an activating group) is 1. The number of rotatable bonds is 2. The van der Waals surface area contributed by atoms with E-state index in [-0.39, 0.29) is 54.9 Å². The average Bonchev–Trinajstić information content (AvgIpc) is 1.27. The molecular formula is C4H11NO2Sr. The molecular weight excluding hydrogens is 182 g/mol. The SMILES string of the molecule is CN(C)CC(=O)O.[H-].[H-].[Sr+2]. The van der Waals surface area contributed by atoms with Crippen LogP contribution >= 0.6 is 0 Å². The van der Waals surface area contributed by atoms with Crippen molar-refractivity contribution in [1.82, 2.24) is 4.90 Å². The first-order chi connectivity index (χ1) is 3.13. The van der Waals surface area contributed by atoms with Crippen molar-refractivity contribution < 1.29 is 12.8 Å². The van der Waals surface area contributed by atoms with Crippen LogP contribution in [0.3, 0.4) is 0 Å². The Bertz CT molecular complexity index is 81.7. The van der Waals surface area contributed by atoms with E-state index in [0.717, 1.165) is 0 Å². The smallest absolute Gasteiger partial charge is 1.00 e. The summed E-state index contributed by atoms with van der Waals surface area (Å²) in [6, 6.07) is 0. The van der Waals surface area contributed by atoms with E-state index in [4.69, 9.17) is 5.11 Å². The van der Waals surface area contributed by atoms with Gasteiger partial charge >= 0.3 is 51.5 Å². The first-order valence-corrected chi connectivity index (χ1v) is 1.99. The predicted molar refractivity (Wildman–Crippen MR) is 34.2 cm³/mol. The van der Waals surface area contributed by atoms with Gasteiger partial charge in [0.1, 0.15) is 0 Å². The molecule has 0 aromatic heterocycles. The van der Waals surface area contributed by atoms with Crippen molar-refractivity contribution in [2.24, 2.45) is 0 Å². The van der Waals surface area contributed by atoms with Gasteiger partial charge in [0.15, 0.2) is 0 Å². The molecule has 3 nitrogen and oxygen atoms in total. The fraction of sp³-hybridized carbons (Fsp3) is 0.750. The number of hydrogen-bond donors (Lipinski definition) is 1. The van der Waals surface area contributed by atoms with Gasteiger partial charge < -0.3 is 7.96 Å². The average molecular weight is 193 g/mol. The summed E-state index contributed by atoms with van der Waals surface area (Å²) >= 11 is 0. The van der Waals surface area contributed by atoms with Gasteiger partial charge in [-0.1, -0.05) is 0 Å². The zero-order valence-electron chi connectivity index (χ0n) is 7.22. The standard InChI is InChI=1S/C4H9NO2.Sr.2H/c1-5(2)3-4(6)7;;;/h3H2,1-2H3,(H,6,7);;;/q;+2;2*-1. The van der Waals surface area contributed by atoms with Crippen molar-refractivity contribution in [1.29, 1.82) is 0 Å². The summed E-state index contributed by atoms with van der Waals surface area (Å²) in [5, 5.41) is 8.04. The molecule has 0 rings (SSSR count). The van der Waals surface area contributed by atoms with E-state index in [9.17, 15) is 4.79 Å². The predicted octanol–water partition coefficient (Wildman–Crippen LogP) is -0.523. The van der Waals surface area contributed by atoms with Crippen molar-refractivity contribution >= 4 is 51.5 Å². The second-order valence-corrected chi connectivity index (χ2v) is 1.63. The molecule has 46 valence electrons. The Balaban J connectivity index is -0.0000000600. The number of carboxylic acids is 1. The van der Waals surface area contributed by atoms with Crippen LogP contribution in [0.4, 0.5) is 0 Å². The third-order valence-corrected chi connectivity index (χ3v) is 0.451. The van der Waals surface area contributed by atoms with Crippen molar-refractivity contribution in [3.05, 3.63) is 0 Å². The Hall–Kier alpha value is 0.911. The third-order valence-electron chi connectivity index (χ3n) is 0.451. The molecule has 0 aliphatic rings. The molecule has 0 aliphatic heterocycles. The molecule has 0 aliphatic carbocycles. The van der Waals surface area contributed by atoms with Crippen LogP contribution in [0.25, 0.3) is 0 Å². The topological polar surface area (TPSA) is 40.5 Å². The minimum absolute atomic E-state index is 0. The molecule has 0 heterocycles. The molecule has 4 heteroatoms. The maximum atomic E-state index is 9.77. The van der Waals surface area contributed by atoms with Gasteiger partial charge in [-0.25, -0.2) is 0 Å². The largest absolute Gasteiger partial charge is 2.00 e. The first kappa shape index (κ1) is 11.7. The molecule has 0 unspecified atom stereocenters. The van der Waals surface area contributed by atoms with Crippen LogP contribution in [0.2, 0.25) is 0 Å². The van der Waals surface area contributed by atoms with Crippen LogP contribution in [0.15, 0.2) is 0 Å². The Morgan fingerprint density at radius 3 is 2.12 bits per heavy atom. The monoisotopic (exact) mass is 193 g/mol. The Morgan fingerprint density at radius 1 is 1.75 bits per heavy atom. The van der Waals surface area contributed by atoms with Gasteiger partial charge in [0.25, 0.3) is 0 Å². The Labute approximate surface area is 88.9 Å². The van der Waals surface area contributed by atoms with Crippen molar-refractivity contribution in [3.8, 4) is 0 Å². The maximum Gasteiger partial charge on any atom is 2.00 e. The summed E-state index contributed by atoms with van der Waals surface area (Å²) in [4.78, 5) is 11.4. The zero-order chi connectivity index (χ0) is 5.86. The molecule has 0 radical (unpaired) electrons. The van der Waals surface area contributed by atoms with E-state index in [0.29, 0.717) is 0 Å². The summed E-state index contributed by atoms with van der Waals surface area (Å²) in [5.41, 5.74) is 0. The molecule has 1 N–H and O–H groups in total. The van der Waals surface area contributed by atoms with Gasteiger partial charge in [0.05, 0.1) is 6.54 Å². The molecule has 0 aromatic carbocycles. The number of carboxylic acid groups (broad SMARTS) is 1. The molecule has 0 bridgehead atoms. The summed E-state index contributed by atoms with van der Waals surface area (Å²) in [7, 11) is 3.43. The third kappa shape index (κ3) is 10.0. The van der Waals surface area contributed by atoms with Crippen LogP contribution in [0.5, 0.6) is 0 Å². The fourth-order valence-corrected chi connectivity index (χ4v) is 0.271. The van der Waals surface area contributed by atoms with E-state index < -0.39 is 5.97 Å². The van der Waals surface area contributed by atoms with Crippen molar-refractivity contribution in [2.45, 2.75) is 0 Å². The Kier molecular flexibility index (Phi) is 8.81. The summed E-state index contributed by atoms with van der Waals surface area (Å²) in [6.45, 7) is 0.111. The molecule has 0 spiro atoms. The molecule has 0 saturated heterocycles. The van der Waals surface area contributed by atoms with Gasteiger partial charge in [-0.2, -0.15) is 0 Å². The number of hydrogen-bond acceptors (Lipinski definition) is 2. The normalized spacial score (nSPS) is 8.38. The molecule has 0 atom stereocenters. The minimum atomic E-state index is -0.787. The van der Waals surface area contributed by atoms with E-state index in [1.54, 1.807) is 19.0 Å². The molecule has 0 aromatic rings. The Morgan fingerprint density at radius 2 is 2.12 bits per heavy atom. The van der Waals surface area contributed by atoms with E-state index in [1.807, 2.05) is 0 Å². The molecule has 0 amide bonds. The van der Waals surface area contributed by atoms with Crippen molar-refractivity contribution in [2.75, 3.05) is 20.6 Å². The van der Waals surface area contributed by atoms with E-state index in [1.165, 1.54) is 0 Å². The first-order valence-electron chi connectivity index (χ1n) is 1.99. The van der Waals surface area contributed by atoms with Crippen LogP contribution < -0.4 is 0 Å². The van der Waals surface area contributed by atoms with Gasteiger partial charge in [-0.3, -0.25) is 9.69 Å². The van der Waals surface area contributed by atoms with E-state index in [2.05, 4.69) is 0 Å². The summed E-state index contributed by atoms with van der Waals surface area (Å²) < 4.78 is 0. The number of aliphatic carboxylic acids is 1. The second-order valence-electron chi connectivity index (χ2n) is 1.63. The maximum absolute atomic E-state index is 9.77. The van der Waals surface area contributed by atoms with Crippen LogP contribution in [0.1, 0.15) is 2.85 Å². The number of carbonyl (C=O) groups is 1. The van der Waals surface area contributed by atoms with Gasteiger partial charge in [-0.05, 0) is 14.1 Å². The molecule has 0 saturated carbocycles. The number of nitrogens with zero attached hydrogens (tertiary/aromatic N) is 1. The van der Waals surface area contributed by atoms with Gasteiger partial charge in [0.2, 0.25) is 0 Å². The summed E-state index contributed by atoms with van der Waals surface area (Å²) in [5.74, 6) is -0.787. The molecule has 8 heavy (non-hydrogen) atoms. The van der Waals surface area contributed by atoms with Gasteiger partial charge in [-0.15, -0.1) is 0 Å². The van der Waals surface area contributed by atoms with Crippen LogP contribution in [-0.4, -0.2) is 82.1 Å². The van der Waals surface area contributed by atoms with Crippen LogP contribution in [0, 0.1) is 0 Å². The summed E-state index contributed by atoms with van der Waals surface area (Å²) in [6.07, 6.45) is 0. The molecule has 0 fully saturated rings. The van der Waals surface area contributed by atoms with Crippen LogP contribution in [-0.2, 0) is 4.79 Å². The van der Waals surface area contributed by atoms with Crippen molar-refractivity contribution in [3.63, 3.8) is 0 Å². The zero-order valence-corrected chi connectivity index (χ0v) is 8.69. The quantitative estimate of drug-likeness (QED) is 0.599.